The molecule has 1 heterocycles. The Bertz CT molecular complexity index is 260. The molecule has 1 fully saturated rings. The molecule has 1 amide bonds. The quantitative estimate of drug-likeness (QED) is 0.765. The van der Waals surface area contributed by atoms with Crippen molar-refractivity contribution in [2.24, 2.45) is 5.92 Å². The van der Waals surface area contributed by atoms with Crippen LogP contribution in [0.4, 0.5) is 13.2 Å². The summed E-state index contributed by atoms with van der Waals surface area (Å²) < 4.78 is 35.5. The molecule has 0 radical (unpaired) electrons. The summed E-state index contributed by atoms with van der Waals surface area (Å²) >= 11 is -0.104. The predicted octanol–water partition coefficient (Wildman–Crippen LogP) is 1.74. The second-order valence-corrected chi connectivity index (χ2v) is 5.32. The van der Waals surface area contributed by atoms with Crippen LogP contribution in [0.5, 0.6) is 0 Å². The van der Waals surface area contributed by atoms with Gasteiger partial charge in [-0.3, -0.25) is 4.79 Å². The van der Waals surface area contributed by atoms with Crippen molar-refractivity contribution in [2.45, 2.75) is 31.3 Å². The molecule has 3 nitrogen and oxygen atoms in total. The molecule has 0 spiro atoms. The van der Waals surface area contributed by atoms with Crippen LogP contribution >= 0.6 is 11.8 Å². The van der Waals surface area contributed by atoms with Crippen molar-refractivity contribution in [1.82, 2.24) is 10.6 Å². The summed E-state index contributed by atoms with van der Waals surface area (Å²) in [5.74, 6) is -0.321. The van der Waals surface area contributed by atoms with E-state index in [0.29, 0.717) is 6.04 Å². The first-order chi connectivity index (χ1) is 7.88. The molecule has 0 aromatic heterocycles. The van der Waals surface area contributed by atoms with Gasteiger partial charge in [-0.15, -0.1) is 0 Å². The van der Waals surface area contributed by atoms with Crippen LogP contribution < -0.4 is 10.6 Å². The van der Waals surface area contributed by atoms with Gasteiger partial charge in [0.2, 0.25) is 5.91 Å². The molecule has 2 N–H and O–H groups in total. The van der Waals surface area contributed by atoms with E-state index in [0.717, 1.165) is 19.4 Å². The van der Waals surface area contributed by atoms with E-state index in [1.165, 1.54) is 0 Å². The summed E-state index contributed by atoms with van der Waals surface area (Å²) in [6.45, 7) is 2.86. The Balaban J connectivity index is 2.16. The number of amides is 1. The van der Waals surface area contributed by atoms with E-state index in [-0.39, 0.29) is 35.9 Å². The van der Waals surface area contributed by atoms with Gasteiger partial charge in [-0.25, -0.2) is 0 Å². The molecule has 2 atom stereocenters. The van der Waals surface area contributed by atoms with Gasteiger partial charge in [0, 0.05) is 24.3 Å². The molecule has 1 rings (SSSR count). The van der Waals surface area contributed by atoms with Gasteiger partial charge in [-0.05, 0) is 38.1 Å². The first-order valence-electron chi connectivity index (χ1n) is 5.60. The zero-order valence-electron chi connectivity index (χ0n) is 9.64. The Kier molecular flexibility index (Phi) is 5.58. The Morgan fingerprint density at radius 1 is 1.53 bits per heavy atom. The summed E-state index contributed by atoms with van der Waals surface area (Å²) in [7, 11) is 0. The third-order valence-corrected chi connectivity index (χ3v) is 3.40. The van der Waals surface area contributed by atoms with Crippen LogP contribution in [-0.2, 0) is 4.79 Å². The van der Waals surface area contributed by atoms with Crippen molar-refractivity contribution < 1.29 is 18.0 Å². The van der Waals surface area contributed by atoms with Crippen LogP contribution in [0.25, 0.3) is 0 Å². The number of hydrogen-bond donors (Lipinski definition) is 2. The SMILES string of the molecule is CC1CC(C(=O)NCCSC(F)(F)F)CCN1. The van der Waals surface area contributed by atoms with E-state index in [2.05, 4.69) is 10.6 Å². The zero-order valence-corrected chi connectivity index (χ0v) is 10.5. The van der Waals surface area contributed by atoms with E-state index in [1.54, 1.807) is 0 Å². The highest BCUT2D eigenvalue weighted by Gasteiger charge is 2.28. The molecule has 100 valence electrons. The summed E-state index contributed by atoms with van der Waals surface area (Å²) in [6.07, 6.45) is 1.50. The van der Waals surface area contributed by atoms with Gasteiger partial charge in [-0.1, -0.05) is 0 Å². The van der Waals surface area contributed by atoms with Gasteiger partial charge in [0.1, 0.15) is 0 Å². The highest BCUT2D eigenvalue weighted by molar-refractivity contribution is 8.00. The first-order valence-corrected chi connectivity index (χ1v) is 6.59. The molecule has 0 bridgehead atoms. The van der Waals surface area contributed by atoms with Crippen LogP contribution in [-0.4, -0.2) is 36.3 Å². The van der Waals surface area contributed by atoms with Crippen LogP contribution in [0.1, 0.15) is 19.8 Å². The fourth-order valence-electron chi connectivity index (χ4n) is 1.86. The van der Waals surface area contributed by atoms with Gasteiger partial charge in [0.05, 0.1) is 0 Å². The average molecular weight is 270 g/mol. The van der Waals surface area contributed by atoms with Crippen molar-refractivity contribution in [3.63, 3.8) is 0 Å². The van der Waals surface area contributed by atoms with Gasteiger partial charge >= 0.3 is 5.51 Å². The van der Waals surface area contributed by atoms with Crippen LogP contribution in [0.15, 0.2) is 0 Å². The molecular formula is C10H17F3N2OS. The average Bonchev–Trinajstić information content (AvgIpc) is 2.23. The number of hydrogen-bond acceptors (Lipinski definition) is 3. The maximum atomic E-state index is 11.8. The topological polar surface area (TPSA) is 41.1 Å². The molecular weight excluding hydrogens is 253 g/mol. The number of nitrogens with one attached hydrogen (secondary N) is 2. The maximum Gasteiger partial charge on any atom is 0.441 e. The van der Waals surface area contributed by atoms with Crippen molar-refractivity contribution in [1.29, 1.82) is 0 Å². The summed E-state index contributed by atoms with van der Waals surface area (Å²) in [5, 5.41) is 5.78. The molecule has 2 unspecified atom stereocenters. The lowest BCUT2D eigenvalue weighted by Gasteiger charge is -2.27. The van der Waals surface area contributed by atoms with Crippen molar-refractivity contribution >= 4 is 17.7 Å². The third-order valence-electron chi connectivity index (χ3n) is 2.66. The first kappa shape index (κ1) is 14.6. The summed E-state index contributed by atoms with van der Waals surface area (Å²) in [5.41, 5.74) is -4.21. The fourth-order valence-corrected chi connectivity index (χ4v) is 2.29. The number of alkyl halides is 3. The lowest BCUT2D eigenvalue weighted by molar-refractivity contribution is -0.125. The van der Waals surface area contributed by atoms with Crippen molar-refractivity contribution in [2.75, 3.05) is 18.8 Å². The number of halogens is 3. The Morgan fingerprint density at radius 3 is 2.82 bits per heavy atom. The zero-order chi connectivity index (χ0) is 12.9. The van der Waals surface area contributed by atoms with Gasteiger partial charge in [-0.2, -0.15) is 13.2 Å². The highest BCUT2D eigenvalue weighted by atomic mass is 32.2. The maximum absolute atomic E-state index is 11.8. The van der Waals surface area contributed by atoms with Crippen LogP contribution in [0, 0.1) is 5.92 Å². The number of piperidine rings is 1. The van der Waals surface area contributed by atoms with Gasteiger partial charge in [0.25, 0.3) is 0 Å². The smallest absolute Gasteiger partial charge is 0.355 e. The lowest BCUT2D eigenvalue weighted by Crippen LogP contribution is -2.42. The van der Waals surface area contributed by atoms with E-state index >= 15 is 0 Å². The van der Waals surface area contributed by atoms with Crippen molar-refractivity contribution in [3.05, 3.63) is 0 Å². The normalized spacial score (nSPS) is 25.6. The lowest BCUT2D eigenvalue weighted by atomic mass is 9.92. The third kappa shape index (κ3) is 6.16. The molecule has 0 aliphatic carbocycles. The number of rotatable bonds is 4. The molecule has 0 aromatic rings. The molecule has 17 heavy (non-hydrogen) atoms. The minimum Gasteiger partial charge on any atom is -0.355 e. The Hall–Kier alpha value is -0.430. The Morgan fingerprint density at radius 2 is 2.24 bits per heavy atom. The van der Waals surface area contributed by atoms with Crippen molar-refractivity contribution in [3.8, 4) is 0 Å². The number of carbonyl (C=O) groups excluding carboxylic acids is 1. The second-order valence-electron chi connectivity index (χ2n) is 4.16. The van der Waals surface area contributed by atoms with Gasteiger partial charge in [0.15, 0.2) is 0 Å². The largest absolute Gasteiger partial charge is 0.441 e. The monoisotopic (exact) mass is 270 g/mol. The molecule has 1 saturated heterocycles. The van der Waals surface area contributed by atoms with E-state index < -0.39 is 5.51 Å². The molecule has 0 saturated carbocycles. The van der Waals surface area contributed by atoms with Gasteiger partial charge < -0.3 is 10.6 Å². The van der Waals surface area contributed by atoms with E-state index in [4.69, 9.17) is 0 Å². The molecule has 0 aromatic carbocycles. The second kappa shape index (κ2) is 6.49. The van der Waals surface area contributed by atoms with Crippen LogP contribution in [0.2, 0.25) is 0 Å². The minimum atomic E-state index is -4.21. The number of thioether (sulfide) groups is 1. The summed E-state index contributed by atoms with van der Waals surface area (Å²) in [6, 6.07) is 0.295. The van der Waals surface area contributed by atoms with E-state index in [1.807, 2.05) is 6.92 Å². The predicted molar refractivity (Wildman–Crippen MR) is 61.7 cm³/mol. The number of carbonyl (C=O) groups is 1. The minimum absolute atomic E-state index is 0.0675. The van der Waals surface area contributed by atoms with Crippen LogP contribution in [0.3, 0.4) is 0 Å². The highest BCUT2D eigenvalue weighted by Crippen LogP contribution is 2.29. The molecule has 7 heteroatoms. The molecule has 1 aliphatic rings. The standard InChI is InChI=1S/C10H17F3N2OS/c1-7-6-8(2-3-14-7)9(16)15-4-5-17-10(11,12)13/h7-8,14H,2-6H2,1H3,(H,15,16). The fraction of sp³-hybridized carbons (Fsp3) is 0.900. The van der Waals surface area contributed by atoms with E-state index in [9.17, 15) is 18.0 Å². The summed E-state index contributed by atoms with van der Waals surface area (Å²) in [4.78, 5) is 11.6. The Labute approximate surface area is 103 Å². The molecule has 1 aliphatic heterocycles.